The van der Waals surface area contributed by atoms with Gasteiger partial charge in [0.05, 0.1) is 19.2 Å². The molecule has 7 heteroatoms. The van der Waals surface area contributed by atoms with Crippen LogP contribution in [0.3, 0.4) is 0 Å². The van der Waals surface area contributed by atoms with Crippen molar-refractivity contribution in [3.05, 3.63) is 28.8 Å². The highest BCUT2D eigenvalue weighted by Crippen LogP contribution is 2.49. The lowest BCUT2D eigenvalue weighted by molar-refractivity contribution is -0.144. The number of ether oxygens (including phenoxy) is 3. The second-order valence-corrected chi connectivity index (χ2v) is 8.28. The van der Waals surface area contributed by atoms with Crippen molar-refractivity contribution in [1.29, 1.82) is 0 Å². The monoisotopic (exact) mass is 421 g/mol. The first-order valence-electron chi connectivity index (χ1n) is 9.97. The summed E-state index contributed by atoms with van der Waals surface area (Å²) in [6.07, 6.45) is 7.90. The predicted octanol–water partition coefficient (Wildman–Crippen LogP) is 3.85. The molecule has 4 atom stereocenters. The van der Waals surface area contributed by atoms with Crippen LogP contribution in [0.15, 0.2) is 18.2 Å². The third-order valence-corrected chi connectivity index (χ3v) is 6.32. The van der Waals surface area contributed by atoms with Gasteiger partial charge in [0.25, 0.3) is 5.91 Å². The predicted molar refractivity (Wildman–Crippen MR) is 111 cm³/mol. The molecule has 3 rings (SSSR count). The summed E-state index contributed by atoms with van der Waals surface area (Å²) in [7, 11) is 3.01. The molecule has 2 bridgehead atoms. The largest absolute Gasteiger partial charge is 0.493 e. The Labute approximate surface area is 176 Å². The fraction of sp³-hybridized carbons (Fsp3) is 0.545. The first-order valence-corrected chi connectivity index (χ1v) is 10.3. The fourth-order valence-electron chi connectivity index (χ4n) is 4.69. The molecule has 4 unspecified atom stereocenters. The Morgan fingerprint density at radius 2 is 2.03 bits per heavy atom. The van der Waals surface area contributed by atoms with Gasteiger partial charge in [0, 0.05) is 12.1 Å². The summed E-state index contributed by atoms with van der Waals surface area (Å²) >= 11 is 6.15. The van der Waals surface area contributed by atoms with E-state index in [0.717, 1.165) is 11.8 Å². The van der Waals surface area contributed by atoms with Gasteiger partial charge >= 0.3 is 5.97 Å². The van der Waals surface area contributed by atoms with Gasteiger partial charge in [0.2, 0.25) is 0 Å². The standard InChI is InChI=1S/C22H28ClNO5/c1-13(17-9-14-4-6-16(17)8-14)24-20(25)12-29-21(26)7-5-15-10-18(23)22(28-3)19(11-15)27-2/h5,7,10-11,13-14,16-17H,4,6,8-9,12H2,1-3H3,(H,24,25)/b7-5+. The number of benzene rings is 1. The molecule has 0 heterocycles. The molecule has 6 nitrogen and oxygen atoms in total. The van der Waals surface area contributed by atoms with Gasteiger partial charge < -0.3 is 19.5 Å². The molecule has 2 saturated carbocycles. The Hall–Kier alpha value is -2.21. The minimum Gasteiger partial charge on any atom is -0.493 e. The van der Waals surface area contributed by atoms with Crippen LogP contribution in [-0.4, -0.2) is 38.7 Å². The molecule has 1 N–H and O–H groups in total. The molecule has 2 aliphatic carbocycles. The van der Waals surface area contributed by atoms with Crippen molar-refractivity contribution in [3.8, 4) is 11.5 Å². The zero-order valence-corrected chi connectivity index (χ0v) is 17.8. The van der Waals surface area contributed by atoms with Gasteiger partial charge in [-0.3, -0.25) is 4.79 Å². The third-order valence-electron chi connectivity index (χ3n) is 6.04. The number of rotatable bonds is 8. The van der Waals surface area contributed by atoms with Gasteiger partial charge in [-0.2, -0.15) is 0 Å². The van der Waals surface area contributed by atoms with Crippen molar-refractivity contribution in [2.24, 2.45) is 17.8 Å². The first kappa shape index (κ1) is 21.5. The maximum atomic E-state index is 12.1. The van der Waals surface area contributed by atoms with Crippen LogP contribution in [0.4, 0.5) is 0 Å². The van der Waals surface area contributed by atoms with Gasteiger partial charge in [-0.25, -0.2) is 4.79 Å². The number of amides is 1. The Balaban J connectivity index is 1.47. The van der Waals surface area contributed by atoms with E-state index in [1.807, 2.05) is 6.92 Å². The molecule has 158 valence electrons. The topological polar surface area (TPSA) is 73.9 Å². The first-order chi connectivity index (χ1) is 13.9. The Morgan fingerprint density at radius 1 is 1.24 bits per heavy atom. The van der Waals surface area contributed by atoms with Crippen LogP contribution in [0.1, 0.15) is 38.2 Å². The number of methoxy groups -OCH3 is 2. The number of halogens is 1. The van der Waals surface area contributed by atoms with Crippen molar-refractivity contribution in [2.75, 3.05) is 20.8 Å². The summed E-state index contributed by atoms with van der Waals surface area (Å²) in [5, 5.41) is 3.35. The van der Waals surface area contributed by atoms with Crippen LogP contribution in [0, 0.1) is 17.8 Å². The lowest BCUT2D eigenvalue weighted by Gasteiger charge is -2.28. The summed E-state index contributed by atoms with van der Waals surface area (Å²) in [6, 6.07) is 3.45. The maximum absolute atomic E-state index is 12.1. The number of hydrogen-bond donors (Lipinski definition) is 1. The lowest BCUT2D eigenvalue weighted by atomic mass is 9.84. The molecule has 1 aromatic carbocycles. The lowest BCUT2D eigenvalue weighted by Crippen LogP contribution is -2.41. The number of carbonyl (C=O) groups is 2. The molecule has 1 aromatic rings. The van der Waals surface area contributed by atoms with Crippen molar-refractivity contribution in [1.82, 2.24) is 5.32 Å². The molecule has 0 aliphatic heterocycles. The second-order valence-electron chi connectivity index (χ2n) is 7.87. The molecule has 2 aliphatic rings. The number of carbonyl (C=O) groups excluding carboxylic acids is 2. The summed E-state index contributed by atoms with van der Waals surface area (Å²) in [4.78, 5) is 24.1. The minimum absolute atomic E-state index is 0.112. The van der Waals surface area contributed by atoms with Gasteiger partial charge in [0.1, 0.15) is 0 Å². The molecular weight excluding hydrogens is 394 g/mol. The second kappa shape index (κ2) is 9.53. The van der Waals surface area contributed by atoms with Crippen molar-refractivity contribution >= 4 is 29.6 Å². The highest BCUT2D eigenvalue weighted by Gasteiger charge is 2.42. The van der Waals surface area contributed by atoms with E-state index in [9.17, 15) is 9.59 Å². The van der Waals surface area contributed by atoms with Crippen LogP contribution in [0.5, 0.6) is 11.5 Å². The van der Waals surface area contributed by atoms with E-state index in [-0.39, 0.29) is 18.6 Å². The average Bonchev–Trinajstić information content (AvgIpc) is 3.33. The Bertz CT molecular complexity index is 794. The van der Waals surface area contributed by atoms with Crippen molar-refractivity contribution in [2.45, 2.75) is 38.6 Å². The van der Waals surface area contributed by atoms with Gasteiger partial charge in [0.15, 0.2) is 18.1 Å². The van der Waals surface area contributed by atoms with E-state index < -0.39 is 5.97 Å². The smallest absolute Gasteiger partial charge is 0.331 e. The summed E-state index contributed by atoms with van der Waals surface area (Å²) in [5.41, 5.74) is 0.652. The fourth-order valence-corrected chi connectivity index (χ4v) is 4.99. The van der Waals surface area contributed by atoms with Crippen LogP contribution < -0.4 is 14.8 Å². The number of hydrogen-bond acceptors (Lipinski definition) is 5. The van der Waals surface area contributed by atoms with E-state index in [0.29, 0.717) is 28.0 Å². The number of esters is 1. The Kier molecular flexibility index (Phi) is 7.06. The van der Waals surface area contributed by atoms with E-state index in [1.165, 1.54) is 46.0 Å². The van der Waals surface area contributed by atoms with Gasteiger partial charge in [-0.15, -0.1) is 0 Å². The zero-order chi connectivity index (χ0) is 21.0. The van der Waals surface area contributed by atoms with E-state index in [4.69, 9.17) is 25.8 Å². The van der Waals surface area contributed by atoms with Crippen LogP contribution in [0.2, 0.25) is 5.02 Å². The van der Waals surface area contributed by atoms with Crippen LogP contribution in [0.25, 0.3) is 6.08 Å². The van der Waals surface area contributed by atoms with Crippen molar-refractivity contribution in [3.63, 3.8) is 0 Å². The molecule has 1 amide bonds. The number of nitrogens with one attached hydrogen (secondary N) is 1. The summed E-state index contributed by atoms with van der Waals surface area (Å²) < 4.78 is 15.5. The minimum atomic E-state index is -0.598. The van der Waals surface area contributed by atoms with Gasteiger partial charge in [-0.1, -0.05) is 18.0 Å². The summed E-state index contributed by atoms with van der Waals surface area (Å²) in [5.74, 6) is 2.13. The Morgan fingerprint density at radius 3 is 2.66 bits per heavy atom. The van der Waals surface area contributed by atoms with E-state index in [2.05, 4.69) is 5.32 Å². The average molecular weight is 422 g/mol. The van der Waals surface area contributed by atoms with Gasteiger partial charge in [-0.05, 0) is 67.7 Å². The molecule has 0 saturated heterocycles. The molecule has 0 radical (unpaired) electrons. The molecule has 0 spiro atoms. The van der Waals surface area contributed by atoms with Crippen LogP contribution in [-0.2, 0) is 14.3 Å². The maximum Gasteiger partial charge on any atom is 0.331 e. The molecular formula is C22H28ClNO5. The summed E-state index contributed by atoms with van der Waals surface area (Å²) in [6.45, 7) is 1.76. The molecule has 2 fully saturated rings. The third kappa shape index (κ3) is 5.24. The number of fused-ring (bicyclic) bond motifs is 2. The quantitative estimate of drug-likeness (QED) is 0.509. The highest BCUT2D eigenvalue weighted by atomic mass is 35.5. The SMILES string of the molecule is COc1cc(/C=C/C(=O)OCC(=O)NC(C)C2CC3CCC2C3)cc(Cl)c1OC. The molecule has 0 aromatic heterocycles. The van der Waals surface area contributed by atoms with E-state index >= 15 is 0 Å². The molecule has 29 heavy (non-hydrogen) atoms. The highest BCUT2D eigenvalue weighted by molar-refractivity contribution is 6.32. The normalized spacial score (nSPS) is 23.8. The van der Waals surface area contributed by atoms with Crippen LogP contribution >= 0.6 is 11.6 Å². The van der Waals surface area contributed by atoms with E-state index in [1.54, 1.807) is 18.2 Å². The van der Waals surface area contributed by atoms with Crippen molar-refractivity contribution < 1.29 is 23.8 Å². The zero-order valence-electron chi connectivity index (χ0n) is 17.1.